The van der Waals surface area contributed by atoms with Gasteiger partial charge in [0, 0.05) is 11.6 Å². The smallest absolute Gasteiger partial charge is 0.160 e. The Morgan fingerprint density at radius 2 is 1.89 bits per heavy atom. The first kappa shape index (κ1) is 18.7. The summed E-state index contributed by atoms with van der Waals surface area (Å²) in [5.74, 6) is 1.77. The second-order valence-electron chi connectivity index (χ2n) is 6.49. The van der Waals surface area contributed by atoms with Crippen molar-refractivity contribution < 1.29 is 24.4 Å². The Morgan fingerprint density at radius 1 is 1.15 bits per heavy atom. The third-order valence-electron chi connectivity index (χ3n) is 4.77. The third-order valence-corrected chi connectivity index (χ3v) is 4.77. The second-order valence-corrected chi connectivity index (χ2v) is 6.49. The van der Waals surface area contributed by atoms with Crippen LogP contribution in [-0.4, -0.2) is 24.4 Å². The van der Waals surface area contributed by atoms with Crippen LogP contribution in [0, 0.1) is 0 Å². The van der Waals surface area contributed by atoms with Crippen molar-refractivity contribution in [2.75, 3.05) is 14.2 Å². The first-order valence-corrected chi connectivity index (χ1v) is 8.75. The van der Waals surface area contributed by atoms with Crippen LogP contribution in [0.4, 0.5) is 0 Å². The lowest BCUT2D eigenvalue weighted by Gasteiger charge is -2.29. The van der Waals surface area contributed by atoms with E-state index >= 15 is 0 Å². The molecule has 1 heterocycles. The molecule has 0 fully saturated rings. The van der Waals surface area contributed by atoms with E-state index in [-0.39, 0.29) is 17.6 Å². The summed E-state index contributed by atoms with van der Waals surface area (Å²) in [4.78, 5) is 0. The molecule has 0 aliphatic carbocycles. The van der Waals surface area contributed by atoms with Crippen molar-refractivity contribution >= 4 is 6.08 Å². The Labute approximate surface area is 159 Å². The van der Waals surface area contributed by atoms with Gasteiger partial charge in [0.05, 0.1) is 19.8 Å². The zero-order valence-corrected chi connectivity index (χ0v) is 15.8. The van der Waals surface area contributed by atoms with E-state index in [4.69, 9.17) is 14.2 Å². The minimum atomic E-state index is -0.253. The van der Waals surface area contributed by atoms with E-state index in [1.807, 2.05) is 19.1 Å². The topological polar surface area (TPSA) is 68.2 Å². The maximum atomic E-state index is 10.4. The molecule has 142 valence electrons. The standard InChI is InChI=1S/C22H24O5/c1-5-13(2)10-16-21(26-4)12-17(23)15-7-9-19(27-22(15)16)14-6-8-20(25-3)18(24)11-14/h5-6,8,10-12,19,23-24H,1,7,9H2,2-4H3/b13-10+. The molecule has 0 saturated heterocycles. The van der Waals surface area contributed by atoms with Gasteiger partial charge in [-0.15, -0.1) is 0 Å². The van der Waals surface area contributed by atoms with Gasteiger partial charge in [-0.1, -0.05) is 24.3 Å². The first-order valence-electron chi connectivity index (χ1n) is 8.75. The Bertz CT molecular complexity index is 898. The molecule has 1 aliphatic heterocycles. The normalized spacial score (nSPS) is 16.3. The van der Waals surface area contributed by atoms with Gasteiger partial charge in [0.15, 0.2) is 11.5 Å². The molecule has 1 atom stereocenters. The summed E-state index contributed by atoms with van der Waals surface area (Å²) in [5.41, 5.74) is 3.32. The van der Waals surface area contributed by atoms with Gasteiger partial charge in [0.25, 0.3) is 0 Å². The average Bonchev–Trinajstić information content (AvgIpc) is 2.69. The minimum Gasteiger partial charge on any atom is -0.507 e. The quantitative estimate of drug-likeness (QED) is 0.744. The maximum Gasteiger partial charge on any atom is 0.160 e. The zero-order valence-electron chi connectivity index (χ0n) is 15.8. The number of phenols is 2. The highest BCUT2D eigenvalue weighted by atomic mass is 16.5. The number of hydrogen-bond acceptors (Lipinski definition) is 5. The molecule has 27 heavy (non-hydrogen) atoms. The van der Waals surface area contributed by atoms with E-state index in [0.29, 0.717) is 30.1 Å². The molecule has 0 spiro atoms. The van der Waals surface area contributed by atoms with Gasteiger partial charge >= 0.3 is 0 Å². The van der Waals surface area contributed by atoms with Crippen LogP contribution in [0.1, 0.15) is 36.1 Å². The van der Waals surface area contributed by atoms with Gasteiger partial charge in [0.2, 0.25) is 0 Å². The van der Waals surface area contributed by atoms with Crippen molar-refractivity contribution in [3.63, 3.8) is 0 Å². The van der Waals surface area contributed by atoms with E-state index in [0.717, 1.165) is 22.3 Å². The molecule has 0 bridgehead atoms. The van der Waals surface area contributed by atoms with E-state index in [2.05, 4.69) is 6.58 Å². The van der Waals surface area contributed by atoms with Crippen molar-refractivity contribution in [3.8, 4) is 28.7 Å². The lowest BCUT2D eigenvalue weighted by Crippen LogP contribution is -2.16. The molecule has 1 unspecified atom stereocenters. The second kappa shape index (κ2) is 7.66. The molecule has 0 radical (unpaired) electrons. The van der Waals surface area contributed by atoms with Gasteiger partial charge < -0.3 is 24.4 Å². The fourth-order valence-corrected chi connectivity index (χ4v) is 3.27. The highest BCUT2D eigenvalue weighted by Crippen LogP contribution is 2.47. The molecule has 2 aromatic carbocycles. The molecule has 0 amide bonds. The van der Waals surface area contributed by atoms with Crippen LogP contribution in [0.5, 0.6) is 28.7 Å². The molecule has 0 aromatic heterocycles. The van der Waals surface area contributed by atoms with Crippen LogP contribution in [0.15, 0.2) is 42.5 Å². The Morgan fingerprint density at radius 3 is 2.52 bits per heavy atom. The highest BCUT2D eigenvalue weighted by molar-refractivity contribution is 5.72. The highest BCUT2D eigenvalue weighted by Gasteiger charge is 2.28. The fourth-order valence-electron chi connectivity index (χ4n) is 3.27. The number of benzene rings is 2. The maximum absolute atomic E-state index is 10.4. The van der Waals surface area contributed by atoms with Crippen LogP contribution < -0.4 is 14.2 Å². The van der Waals surface area contributed by atoms with Crippen LogP contribution in [0.3, 0.4) is 0 Å². The van der Waals surface area contributed by atoms with Crippen LogP contribution in [0.2, 0.25) is 0 Å². The first-order chi connectivity index (χ1) is 13.0. The van der Waals surface area contributed by atoms with Crippen molar-refractivity contribution in [3.05, 3.63) is 59.2 Å². The number of phenolic OH excluding ortho intramolecular Hbond substituents is 2. The van der Waals surface area contributed by atoms with E-state index in [1.165, 1.54) is 7.11 Å². The number of hydrogen-bond donors (Lipinski definition) is 2. The van der Waals surface area contributed by atoms with Gasteiger partial charge in [-0.2, -0.15) is 0 Å². The van der Waals surface area contributed by atoms with Crippen molar-refractivity contribution in [1.29, 1.82) is 0 Å². The van der Waals surface area contributed by atoms with Gasteiger partial charge in [0.1, 0.15) is 23.4 Å². The summed E-state index contributed by atoms with van der Waals surface area (Å²) in [7, 11) is 3.07. The summed E-state index contributed by atoms with van der Waals surface area (Å²) < 4.78 is 16.8. The molecular weight excluding hydrogens is 344 g/mol. The molecule has 2 aromatic rings. The number of aromatic hydroxyl groups is 2. The Hall–Kier alpha value is -3.08. The molecule has 0 saturated carbocycles. The van der Waals surface area contributed by atoms with Gasteiger partial charge in [-0.3, -0.25) is 0 Å². The molecule has 3 rings (SSSR count). The van der Waals surface area contributed by atoms with Crippen LogP contribution in [-0.2, 0) is 6.42 Å². The summed E-state index contributed by atoms with van der Waals surface area (Å²) >= 11 is 0. The molecule has 2 N–H and O–H groups in total. The predicted molar refractivity (Wildman–Crippen MR) is 105 cm³/mol. The van der Waals surface area contributed by atoms with Gasteiger partial charge in [-0.05, 0) is 43.5 Å². The van der Waals surface area contributed by atoms with Crippen molar-refractivity contribution in [2.24, 2.45) is 0 Å². The van der Waals surface area contributed by atoms with Crippen molar-refractivity contribution in [2.45, 2.75) is 25.9 Å². The number of methoxy groups -OCH3 is 2. The van der Waals surface area contributed by atoms with E-state index < -0.39 is 0 Å². The fraction of sp³-hybridized carbons (Fsp3) is 0.273. The third kappa shape index (κ3) is 3.58. The summed E-state index contributed by atoms with van der Waals surface area (Å²) in [6.07, 6.45) is 4.76. The monoisotopic (exact) mass is 368 g/mol. The SMILES string of the molecule is C=C/C(C)=C/c1c(OC)cc(O)c2c1OC(c1ccc(OC)c(O)c1)CC2. The van der Waals surface area contributed by atoms with Crippen LogP contribution >= 0.6 is 0 Å². The van der Waals surface area contributed by atoms with Crippen LogP contribution in [0.25, 0.3) is 6.08 Å². The van der Waals surface area contributed by atoms with E-state index in [1.54, 1.807) is 31.4 Å². The number of fused-ring (bicyclic) bond motifs is 1. The lowest BCUT2D eigenvalue weighted by atomic mass is 9.93. The van der Waals surface area contributed by atoms with Gasteiger partial charge in [-0.25, -0.2) is 0 Å². The lowest BCUT2D eigenvalue weighted by molar-refractivity contribution is 0.173. The molecule has 1 aliphatic rings. The molecule has 5 heteroatoms. The Kier molecular flexibility index (Phi) is 5.31. The number of allylic oxidation sites excluding steroid dienone is 2. The molecular formula is C22H24O5. The Balaban J connectivity index is 2.06. The zero-order chi connectivity index (χ0) is 19.6. The number of rotatable bonds is 5. The summed E-state index contributed by atoms with van der Waals surface area (Å²) in [6.45, 7) is 5.73. The number of ether oxygens (including phenoxy) is 3. The molecule has 5 nitrogen and oxygen atoms in total. The predicted octanol–water partition coefficient (Wildman–Crippen LogP) is 4.77. The van der Waals surface area contributed by atoms with E-state index in [9.17, 15) is 10.2 Å². The van der Waals surface area contributed by atoms with Crippen molar-refractivity contribution in [1.82, 2.24) is 0 Å². The largest absolute Gasteiger partial charge is 0.507 e. The summed E-state index contributed by atoms with van der Waals surface area (Å²) in [5, 5.41) is 20.5. The minimum absolute atomic E-state index is 0.0699. The average molecular weight is 368 g/mol. The summed E-state index contributed by atoms with van der Waals surface area (Å²) in [6, 6.07) is 6.86.